The van der Waals surface area contributed by atoms with Crippen molar-refractivity contribution in [2.45, 2.75) is 10.1 Å². The van der Waals surface area contributed by atoms with Gasteiger partial charge in [-0.15, -0.1) is 10.2 Å². The monoisotopic (exact) mass is 319 g/mol. The number of nitrogens with two attached hydrogens (primary N) is 1. The molecule has 3 aromatic rings. The lowest BCUT2D eigenvalue weighted by Gasteiger charge is -2.07. The van der Waals surface area contributed by atoms with Gasteiger partial charge in [0, 0.05) is 21.7 Å². The second-order valence-electron chi connectivity index (χ2n) is 4.14. The van der Waals surface area contributed by atoms with Crippen molar-refractivity contribution < 1.29 is 5.21 Å². The molecule has 0 unspecified atom stereocenters. The molecular formula is C13H10ClN5OS. The van der Waals surface area contributed by atoms with Crippen LogP contribution in [0.15, 0.2) is 57.8 Å². The Morgan fingerprint density at radius 2 is 2.14 bits per heavy atom. The van der Waals surface area contributed by atoms with E-state index in [4.69, 9.17) is 22.5 Å². The molecule has 0 fully saturated rings. The van der Waals surface area contributed by atoms with Gasteiger partial charge in [0.1, 0.15) is 0 Å². The third-order valence-electron chi connectivity index (χ3n) is 2.81. The van der Waals surface area contributed by atoms with Crippen molar-refractivity contribution >= 4 is 34.8 Å². The van der Waals surface area contributed by atoms with Crippen LogP contribution in [0.25, 0.3) is 5.65 Å². The zero-order valence-corrected chi connectivity index (χ0v) is 12.2. The molecule has 0 aliphatic carbocycles. The topological polar surface area (TPSA) is 88.8 Å². The summed E-state index contributed by atoms with van der Waals surface area (Å²) in [6, 6.07) is 10.8. The van der Waals surface area contributed by atoms with Gasteiger partial charge >= 0.3 is 0 Å². The summed E-state index contributed by atoms with van der Waals surface area (Å²) in [5.41, 5.74) is 7.01. The Hall–Kier alpha value is -2.25. The van der Waals surface area contributed by atoms with Crippen LogP contribution in [0.4, 0.5) is 0 Å². The van der Waals surface area contributed by atoms with E-state index < -0.39 is 0 Å². The van der Waals surface area contributed by atoms with E-state index in [1.165, 1.54) is 11.8 Å². The molecule has 106 valence electrons. The predicted molar refractivity (Wildman–Crippen MR) is 81.1 cm³/mol. The lowest BCUT2D eigenvalue weighted by atomic mass is 10.2. The highest BCUT2D eigenvalue weighted by Gasteiger charge is 2.13. The Bertz CT molecular complexity index is 832. The molecule has 0 saturated heterocycles. The molecule has 3 N–H and O–H groups in total. The number of rotatable bonds is 3. The lowest BCUT2D eigenvalue weighted by Crippen LogP contribution is -2.14. The van der Waals surface area contributed by atoms with Gasteiger partial charge in [0.15, 0.2) is 16.6 Å². The highest BCUT2D eigenvalue weighted by Crippen LogP contribution is 2.31. The molecule has 0 spiro atoms. The first-order valence-corrected chi connectivity index (χ1v) is 7.13. The number of nitrogens with zero attached hydrogens (tertiary/aromatic N) is 4. The first-order chi connectivity index (χ1) is 10.2. The molecule has 0 atom stereocenters. The van der Waals surface area contributed by atoms with E-state index in [2.05, 4.69) is 15.4 Å². The second kappa shape index (κ2) is 5.63. The van der Waals surface area contributed by atoms with Gasteiger partial charge in [-0.25, -0.2) is 0 Å². The van der Waals surface area contributed by atoms with Crippen molar-refractivity contribution in [3.8, 4) is 0 Å². The number of fused-ring (bicyclic) bond motifs is 1. The van der Waals surface area contributed by atoms with E-state index in [0.29, 0.717) is 15.7 Å². The molecule has 0 aliphatic heterocycles. The maximum atomic E-state index is 8.87. The zero-order chi connectivity index (χ0) is 14.8. The number of amidine groups is 1. The zero-order valence-electron chi connectivity index (χ0n) is 10.6. The summed E-state index contributed by atoms with van der Waals surface area (Å²) in [5.74, 6) is 0.0167. The highest BCUT2D eigenvalue weighted by molar-refractivity contribution is 7.99. The standard InChI is InChI=1S/C13H10ClN5OS/c14-8-4-5-9(12(15)18-20)10(7-8)21-13-17-16-11-3-1-2-6-19(11)13/h1-7,20H,(H2,15,18). The molecule has 8 heteroatoms. The van der Waals surface area contributed by atoms with Crippen molar-refractivity contribution in [3.05, 3.63) is 53.2 Å². The van der Waals surface area contributed by atoms with Crippen LogP contribution < -0.4 is 5.73 Å². The Balaban J connectivity index is 2.07. The number of halogens is 1. The smallest absolute Gasteiger partial charge is 0.200 e. The number of oxime groups is 1. The summed E-state index contributed by atoms with van der Waals surface area (Å²) in [4.78, 5) is 0.732. The van der Waals surface area contributed by atoms with E-state index >= 15 is 0 Å². The molecule has 6 nitrogen and oxygen atoms in total. The van der Waals surface area contributed by atoms with E-state index in [0.717, 1.165) is 10.5 Å². The quantitative estimate of drug-likeness (QED) is 0.335. The van der Waals surface area contributed by atoms with Gasteiger partial charge in [0.05, 0.1) is 0 Å². The SMILES string of the molecule is NC(=NO)c1ccc(Cl)cc1Sc1nnc2ccccn12. The van der Waals surface area contributed by atoms with Crippen LogP contribution in [0.5, 0.6) is 0 Å². The Labute approximate surface area is 129 Å². The molecule has 0 amide bonds. The maximum Gasteiger partial charge on any atom is 0.200 e. The Morgan fingerprint density at radius 1 is 1.29 bits per heavy atom. The van der Waals surface area contributed by atoms with Crippen molar-refractivity contribution in [2.24, 2.45) is 10.9 Å². The van der Waals surface area contributed by atoms with Gasteiger partial charge in [0.2, 0.25) is 0 Å². The van der Waals surface area contributed by atoms with Gasteiger partial charge < -0.3 is 10.9 Å². The average molecular weight is 320 g/mol. The first kappa shape index (κ1) is 13.7. The molecular weight excluding hydrogens is 310 g/mol. The number of hydrogen-bond acceptors (Lipinski definition) is 5. The summed E-state index contributed by atoms with van der Waals surface area (Å²) in [7, 11) is 0. The minimum Gasteiger partial charge on any atom is -0.409 e. The van der Waals surface area contributed by atoms with Crippen molar-refractivity contribution in [3.63, 3.8) is 0 Å². The summed E-state index contributed by atoms with van der Waals surface area (Å²) in [6.45, 7) is 0. The third-order valence-corrected chi connectivity index (χ3v) is 4.06. The Kier molecular flexibility index (Phi) is 3.68. The molecule has 1 aromatic carbocycles. The first-order valence-electron chi connectivity index (χ1n) is 5.94. The van der Waals surface area contributed by atoms with E-state index in [9.17, 15) is 0 Å². The normalized spacial score (nSPS) is 12.0. The van der Waals surface area contributed by atoms with Gasteiger partial charge in [-0.1, -0.05) is 22.8 Å². The van der Waals surface area contributed by atoms with Crippen molar-refractivity contribution in [2.75, 3.05) is 0 Å². The largest absolute Gasteiger partial charge is 0.409 e. The molecule has 0 radical (unpaired) electrons. The highest BCUT2D eigenvalue weighted by atomic mass is 35.5. The van der Waals surface area contributed by atoms with Crippen LogP contribution in [-0.2, 0) is 0 Å². The van der Waals surface area contributed by atoms with Crippen molar-refractivity contribution in [1.82, 2.24) is 14.6 Å². The summed E-state index contributed by atoms with van der Waals surface area (Å²) in [5, 5.41) is 21.3. The van der Waals surface area contributed by atoms with Crippen molar-refractivity contribution in [1.29, 1.82) is 0 Å². The third kappa shape index (κ3) is 2.65. The van der Waals surface area contributed by atoms with E-state index in [1.54, 1.807) is 18.2 Å². The fraction of sp³-hybridized carbons (Fsp3) is 0. The molecule has 2 heterocycles. The fourth-order valence-corrected chi connectivity index (χ4v) is 3.07. The molecule has 0 saturated carbocycles. The molecule has 3 rings (SSSR count). The van der Waals surface area contributed by atoms with E-state index in [1.807, 2.05) is 28.8 Å². The molecule has 0 aliphatic rings. The number of aromatic nitrogens is 3. The van der Waals surface area contributed by atoms with Crippen LogP contribution in [-0.4, -0.2) is 25.6 Å². The Morgan fingerprint density at radius 3 is 2.95 bits per heavy atom. The van der Waals surface area contributed by atoms with Crippen LogP contribution >= 0.6 is 23.4 Å². The maximum absolute atomic E-state index is 8.87. The number of pyridine rings is 1. The number of hydrogen-bond donors (Lipinski definition) is 2. The number of benzene rings is 1. The van der Waals surface area contributed by atoms with Crippen LogP contribution in [0.3, 0.4) is 0 Å². The van der Waals surface area contributed by atoms with Gasteiger partial charge in [-0.2, -0.15) is 0 Å². The fourth-order valence-electron chi connectivity index (χ4n) is 1.83. The summed E-state index contributed by atoms with van der Waals surface area (Å²) >= 11 is 7.36. The minimum absolute atomic E-state index is 0.0167. The van der Waals surface area contributed by atoms with Crippen LogP contribution in [0, 0.1) is 0 Å². The van der Waals surface area contributed by atoms with E-state index in [-0.39, 0.29) is 5.84 Å². The van der Waals surface area contributed by atoms with Gasteiger partial charge in [-0.05, 0) is 42.1 Å². The molecule has 21 heavy (non-hydrogen) atoms. The predicted octanol–water partition coefficient (Wildman–Crippen LogP) is 2.63. The second-order valence-corrected chi connectivity index (χ2v) is 5.58. The van der Waals surface area contributed by atoms with Crippen LogP contribution in [0.2, 0.25) is 5.02 Å². The molecule has 2 aromatic heterocycles. The average Bonchev–Trinajstić information content (AvgIpc) is 2.90. The van der Waals surface area contributed by atoms with Gasteiger partial charge in [0.25, 0.3) is 0 Å². The van der Waals surface area contributed by atoms with Gasteiger partial charge in [-0.3, -0.25) is 4.40 Å². The summed E-state index contributed by atoms with van der Waals surface area (Å²) in [6.07, 6.45) is 1.87. The summed E-state index contributed by atoms with van der Waals surface area (Å²) < 4.78 is 1.85. The lowest BCUT2D eigenvalue weighted by molar-refractivity contribution is 0.318. The molecule has 0 bridgehead atoms. The van der Waals surface area contributed by atoms with Crippen LogP contribution in [0.1, 0.15) is 5.56 Å². The minimum atomic E-state index is 0.0167.